The predicted molar refractivity (Wildman–Crippen MR) is 55.4 cm³/mol. The fraction of sp³-hybridized carbons (Fsp3) is 0.900. The Morgan fingerprint density at radius 1 is 1.35 bits per heavy atom. The summed E-state index contributed by atoms with van der Waals surface area (Å²) >= 11 is 0. The number of alkyl carbamates (subject to hydrolysis) is 1. The molecule has 0 aromatic heterocycles. The lowest BCUT2D eigenvalue weighted by atomic mass is 9.73. The van der Waals surface area contributed by atoms with Crippen LogP contribution in [0.4, 0.5) is 18.0 Å². The van der Waals surface area contributed by atoms with Crippen molar-refractivity contribution < 1.29 is 22.7 Å². The van der Waals surface area contributed by atoms with Crippen LogP contribution < -0.4 is 11.1 Å². The van der Waals surface area contributed by atoms with Crippen LogP contribution in [0.3, 0.4) is 0 Å². The molecule has 0 radical (unpaired) electrons. The van der Waals surface area contributed by atoms with Crippen LogP contribution in [-0.4, -0.2) is 29.5 Å². The summed E-state index contributed by atoms with van der Waals surface area (Å²) in [7, 11) is 0. The normalized spacial score (nSPS) is 29.5. The smallest absolute Gasteiger partial charge is 0.407 e. The second-order valence-corrected chi connectivity index (χ2v) is 5.41. The number of rotatable bonds is 1. The van der Waals surface area contributed by atoms with Crippen molar-refractivity contribution in [1.82, 2.24) is 5.32 Å². The van der Waals surface area contributed by atoms with Crippen LogP contribution in [0.2, 0.25) is 0 Å². The van der Waals surface area contributed by atoms with Gasteiger partial charge in [-0.25, -0.2) is 4.79 Å². The highest BCUT2D eigenvalue weighted by Gasteiger charge is 2.59. The summed E-state index contributed by atoms with van der Waals surface area (Å²) < 4.78 is 42.1. The molecule has 1 amide bonds. The highest BCUT2D eigenvalue weighted by molar-refractivity contribution is 5.68. The van der Waals surface area contributed by atoms with E-state index in [1.54, 1.807) is 20.8 Å². The van der Waals surface area contributed by atoms with E-state index in [1.165, 1.54) is 0 Å². The van der Waals surface area contributed by atoms with Crippen molar-refractivity contribution >= 4 is 6.09 Å². The Bertz CT molecular complexity index is 304. The van der Waals surface area contributed by atoms with Gasteiger partial charge < -0.3 is 15.8 Å². The Morgan fingerprint density at radius 3 is 2.18 bits per heavy atom. The van der Waals surface area contributed by atoms with Crippen molar-refractivity contribution in [3.63, 3.8) is 0 Å². The number of hydrogen-bond donors (Lipinski definition) is 2. The number of nitrogens with one attached hydrogen (secondary N) is 1. The second-order valence-electron chi connectivity index (χ2n) is 5.41. The zero-order valence-electron chi connectivity index (χ0n) is 10.0. The highest BCUT2D eigenvalue weighted by Crippen LogP contribution is 2.43. The molecule has 0 unspecified atom stereocenters. The summed E-state index contributed by atoms with van der Waals surface area (Å²) in [5.41, 5.74) is 2.31. The molecule has 100 valence electrons. The van der Waals surface area contributed by atoms with E-state index < -0.39 is 29.5 Å². The maximum Gasteiger partial charge on any atom is 0.407 e. The Morgan fingerprint density at radius 2 is 1.82 bits per heavy atom. The summed E-state index contributed by atoms with van der Waals surface area (Å²) in [5.74, 6) is 0. The summed E-state index contributed by atoms with van der Waals surface area (Å²) in [6.45, 7) is 5.03. The Hall–Kier alpha value is -0.980. The van der Waals surface area contributed by atoms with Crippen molar-refractivity contribution in [2.45, 2.75) is 57.0 Å². The van der Waals surface area contributed by atoms with Crippen molar-refractivity contribution in [3.05, 3.63) is 0 Å². The number of amides is 1. The molecule has 0 saturated heterocycles. The predicted octanol–water partition coefficient (Wildman–Crippen LogP) is 1.93. The van der Waals surface area contributed by atoms with Crippen molar-refractivity contribution in [2.75, 3.05) is 0 Å². The van der Waals surface area contributed by atoms with Gasteiger partial charge in [-0.1, -0.05) is 0 Å². The van der Waals surface area contributed by atoms with E-state index in [-0.39, 0.29) is 12.8 Å². The van der Waals surface area contributed by atoms with Crippen LogP contribution in [0.25, 0.3) is 0 Å². The largest absolute Gasteiger partial charge is 0.444 e. The molecule has 0 aromatic carbocycles. The van der Waals surface area contributed by atoms with Crippen molar-refractivity contribution in [3.8, 4) is 0 Å². The van der Waals surface area contributed by atoms with Gasteiger partial charge >= 0.3 is 12.3 Å². The van der Waals surface area contributed by atoms with Gasteiger partial charge in [0, 0.05) is 6.04 Å². The lowest BCUT2D eigenvalue weighted by molar-refractivity contribution is -0.211. The molecule has 17 heavy (non-hydrogen) atoms. The minimum atomic E-state index is -4.43. The molecular weight excluding hydrogens is 237 g/mol. The lowest BCUT2D eigenvalue weighted by Crippen LogP contribution is -2.67. The van der Waals surface area contributed by atoms with E-state index in [2.05, 4.69) is 5.32 Å². The van der Waals surface area contributed by atoms with Gasteiger partial charge in [0.1, 0.15) is 11.1 Å². The van der Waals surface area contributed by atoms with E-state index >= 15 is 0 Å². The number of carbonyl (C=O) groups is 1. The molecule has 1 aliphatic carbocycles. The van der Waals surface area contributed by atoms with E-state index in [0.717, 1.165) is 0 Å². The third-order valence-electron chi connectivity index (χ3n) is 2.51. The molecule has 0 aliphatic heterocycles. The van der Waals surface area contributed by atoms with Gasteiger partial charge in [0.25, 0.3) is 0 Å². The van der Waals surface area contributed by atoms with E-state index in [1.807, 2.05) is 0 Å². The van der Waals surface area contributed by atoms with Crippen molar-refractivity contribution in [2.24, 2.45) is 5.73 Å². The summed E-state index contributed by atoms with van der Waals surface area (Å²) in [5, 5.41) is 2.36. The molecule has 1 saturated carbocycles. The fourth-order valence-electron chi connectivity index (χ4n) is 1.63. The minimum absolute atomic E-state index is 0.310. The lowest BCUT2D eigenvalue weighted by Gasteiger charge is -2.45. The van der Waals surface area contributed by atoms with Crippen LogP contribution in [0.15, 0.2) is 0 Å². The van der Waals surface area contributed by atoms with Gasteiger partial charge in [-0.05, 0) is 33.6 Å². The second kappa shape index (κ2) is 4.04. The van der Waals surface area contributed by atoms with Gasteiger partial charge in [-0.15, -0.1) is 0 Å². The number of halogens is 3. The maximum absolute atomic E-state index is 12.4. The SMILES string of the molecule is CC(C)(C)OC(=O)NC1CC(N)(C(F)(F)F)C1. The van der Waals surface area contributed by atoms with E-state index in [9.17, 15) is 18.0 Å². The first kappa shape index (κ1) is 14.1. The Labute approximate surface area is 97.7 Å². The third kappa shape index (κ3) is 3.49. The first-order chi connectivity index (χ1) is 7.43. The summed E-state index contributed by atoms with van der Waals surface area (Å²) in [6, 6.07) is -0.573. The first-order valence-electron chi connectivity index (χ1n) is 5.28. The molecular formula is C10H17F3N2O2. The Balaban J connectivity index is 2.38. The van der Waals surface area contributed by atoms with Crippen LogP contribution in [0.5, 0.6) is 0 Å². The van der Waals surface area contributed by atoms with E-state index in [0.29, 0.717) is 0 Å². The summed E-state index contributed by atoms with van der Waals surface area (Å²) in [6.07, 6.45) is -5.77. The zero-order chi connectivity index (χ0) is 13.5. The van der Waals surface area contributed by atoms with Gasteiger partial charge in [0.2, 0.25) is 0 Å². The fourth-order valence-corrected chi connectivity index (χ4v) is 1.63. The molecule has 0 atom stereocenters. The van der Waals surface area contributed by atoms with Crippen LogP contribution >= 0.6 is 0 Å². The average molecular weight is 254 g/mol. The molecule has 0 spiro atoms. The number of alkyl halides is 3. The standard InChI is InChI=1S/C10H17F3N2O2/c1-8(2,3)17-7(16)15-6-4-9(14,5-6)10(11,12)13/h6H,4-5,14H2,1-3H3,(H,15,16). The Kier molecular flexibility index (Phi) is 3.35. The molecule has 1 rings (SSSR count). The number of ether oxygens (including phenoxy) is 1. The zero-order valence-corrected chi connectivity index (χ0v) is 10.0. The minimum Gasteiger partial charge on any atom is -0.444 e. The number of carbonyl (C=O) groups excluding carboxylic acids is 1. The molecule has 7 heteroatoms. The third-order valence-corrected chi connectivity index (χ3v) is 2.51. The first-order valence-corrected chi connectivity index (χ1v) is 5.28. The van der Waals surface area contributed by atoms with Gasteiger partial charge in [-0.2, -0.15) is 13.2 Å². The highest BCUT2D eigenvalue weighted by atomic mass is 19.4. The molecule has 4 nitrogen and oxygen atoms in total. The van der Waals surface area contributed by atoms with Crippen molar-refractivity contribution in [1.29, 1.82) is 0 Å². The molecule has 1 fully saturated rings. The van der Waals surface area contributed by atoms with Gasteiger partial charge in [0.15, 0.2) is 0 Å². The molecule has 1 aliphatic rings. The topological polar surface area (TPSA) is 64.3 Å². The monoisotopic (exact) mass is 254 g/mol. The molecule has 0 aromatic rings. The molecule has 3 N–H and O–H groups in total. The molecule has 0 heterocycles. The van der Waals surface area contributed by atoms with Crippen LogP contribution in [0, 0.1) is 0 Å². The maximum atomic E-state index is 12.4. The number of nitrogens with two attached hydrogens (primary N) is 1. The van der Waals surface area contributed by atoms with E-state index in [4.69, 9.17) is 10.5 Å². The number of hydrogen-bond acceptors (Lipinski definition) is 3. The van der Waals surface area contributed by atoms with Gasteiger partial charge in [-0.3, -0.25) is 0 Å². The van der Waals surface area contributed by atoms with Crippen LogP contribution in [0.1, 0.15) is 33.6 Å². The van der Waals surface area contributed by atoms with Gasteiger partial charge in [0.05, 0.1) is 0 Å². The molecule has 0 bridgehead atoms. The quantitative estimate of drug-likeness (QED) is 0.751. The van der Waals surface area contributed by atoms with Crippen LogP contribution in [-0.2, 0) is 4.74 Å². The summed E-state index contributed by atoms with van der Waals surface area (Å²) in [4.78, 5) is 11.3. The average Bonchev–Trinajstić information content (AvgIpc) is 1.94.